The highest BCUT2D eigenvalue weighted by molar-refractivity contribution is 5.95. The van der Waals surface area contributed by atoms with Crippen LogP contribution in [0.4, 0.5) is 0 Å². The molecule has 1 fully saturated rings. The molecule has 1 aliphatic rings. The summed E-state index contributed by atoms with van der Waals surface area (Å²) in [5, 5.41) is 9.07. The van der Waals surface area contributed by atoms with Crippen molar-refractivity contribution in [2.45, 2.75) is 19.8 Å². The molecule has 1 atom stereocenters. The van der Waals surface area contributed by atoms with Gasteiger partial charge in [0, 0.05) is 18.7 Å². The minimum atomic E-state index is -0.830. The predicted octanol–water partition coefficient (Wildman–Crippen LogP) is 1.94. The number of aryl methyl sites for hydroxylation is 1. The van der Waals surface area contributed by atoms with Gasteiger partial charge in [-0.3, -0.25) is 9.59 Å². The number of hydrogen-bond donors (Lipinski definition) is 1. The largest absolute Gasteiger partial charge is 0.496 e. The van der Waals surface area contributed by atoms with Gasteiger partial charge in [-0.25, -0.2) is 0 Å². The Bertz CT molecular complexity index is 527. The molecule has 1 N–H and O–H groups in total. The number of carboxylic acids is 1. The maximum atomic E-state index is 12.4. The fraction of sp³-hybridized carbons (Fsp3) is 0.467. The summed E-state index contributed by atoms with van der Waals surface area (Å²) < 4.78 is 5.22. The van der Waals surface area contributed by atoms with Gasteiger partial charge in [-0.05, 0) is 37.5 Å². The van der Waals surface area contributed by atoms with E-state index in [2.05, 4.69) is 0 Å². The lowest BCUT2D eigenvalue weighted by molar-refractivity contribution is -0.143. The van der Waals surface area contributed by atoms with Crippen molar-refractivity contribution in [1.29, 1.82) is 0 Å². The first kappa shape index (κ1) is 14.4. The summed E-state index contributed by atoms with van der Waals surface area (Å²) in [5.41, 5.74) is 1.50. The minimum Gasteiger partial charge on any atom is -0.496 e. The Labute approximate surface area is 118 Å². The van der Waals surface area contributed by atoms with Crippen LogP contribution in [0.2, 0.25) is 0 Å². The fourth-order valence-electron chi connectivity index (χ4n) is 2.50. The van der Waals surface area contributed by atoms with Crippen LogP contribution in [-0.4, -0.2) is 42.1 Å². The lowest BCUT2D eigenvalue weighted by Gasteiger charge is -2.30. The maximum absolute atomic E-state index is 12.4. The van der Waals surface area contributed by atoms with Crippen molar-refractivity contribution in [3.8, 4) is 5.75 Å². The summed E-state index contributed by atoms with van der Waals surface area (Å²) in [7, 11) is 1.57. The quantitative estimate of drug-likeness (QED) is 0.917. The molecule has 5 heteroatoms. The second-order valence-electron chi connectivity index (χ2n) is 5.11. The number of carbonyl (C=O) groups excluding carboxylic acids is 1. The monoisotopic (exact) mass is 277 g/mol. The molecule has 1 amide bonds. The lowest BCUT2D eigenvalue weighted by atomic mass is 9.97. The van der Waals surface area contributed by atoms with E-state index in [1.54, 1.807) is 24.1 Å². The van der Waals surface area contributed by atoms with Gasteiger partial charge in [-0.15, -0.1) is 0 Å². The van der Waals surface area contributed by atoms with E-state index in [-0.39, 0.29) is 12.5 Å². The molecule has 0 saturated carbocycles. The number of rotatable bonds is 3. The third-order valence-electron chi connectivity index (χ3n) is 3.71. The highest BCUT2D eigenvalue weighted by atomic mass is 16.5. The minimum absolute atomic E-state index is 0.130. The molecule has 5 nitrogen and oxygen atoms in total. The Morgan fingerprint density at radius 2 is 2.15 bits per heavy atom. The van der Waals surface area contributed by atoms with Gasteiger partial charge in [-0.1, -0.05) is 6.07 Å². The molecule has 0 aliphatic carbocycles. The number of methoxy groups -OCH3 is 1. The Hall–Kier alpha value is -2.04. The van der Waals surface area contributed by atoms with Crippen molar-refractivity contribution in [3.63, 3.8) is 0 Å². The van der Waals surface area contributed by atoms with E-state index in [4.69, 9.17) is 9.84 Å². The van der Waals surface area contributed by atoms with E-state index in [0.717, 1.165) is 12.0 Å². The number of amides is 1. The van der Waals surface area contributed by atoms with E-state index >= 15 is 0 Å². The van der Waals surface area contributed by atoms with Crippen molar-refractivity contribution in [2.24, 2.45) is 5.92 Å². The van der Waals surface area contributed by atoms with Crippen LogP contribution in [0.5, 0.6) is 5.75 Å². The van der Waals surface area contributed by atoms with Crippen LogP contribution in [0.25, 0.3) is 0 Å². The third-order valence-corrected chi connectivity index (χ3v) is 3.71. The van der Waals surface area contributed by atoms with Crippen molar-refractivity contribution in [1.82, 2.24) is 4.90 Å². The Kier molecular flexibility index (Phi) is 4.27. The van der Waals surface area contributed by atoms with Crippen molar-refractivity contribution in [2.75, 3.05) is 20.2 Å². The molecule has 0 bridgehead atoms. The molecule has 1 heterocycles. The normalized spacial score (nSPS) is 18.7. The summed E-state index contributed by atoms with van der Waals surface area (Å²) >= 11 is 0. The van der Waals surface area contributed by atoms with Crippen LogP contribution in [0, 0.1) is 12.8 Å². The predicted molar refractivity (Wildman–Crippen MR) is 74.0 cm³/mol. The van der Waals surface area contributed by atoms with E-state index in [9.17, 15) is 9.59 Å². The summed E-state index contributed by atoms with van der Waals surface area (Å²) in [6.07, 6.45) is 1.36. The molecule has 1 unspecified atom stereocenters. The van der Waals surface area contributed by atoms with Gasteiger partial charge in [0.2, 0.25) is 0 Å². The van der Waals surface area contributed by atoms with Gasteiger partial charge >= 0.3 is 5.97 Å². The molecule has 20 heavy (non-hydrogen) atoms. The zero-order valence-electron chi connectivity index (χ0n) is 11.8. The standard InChI is InChI=1S/C15H19NO4/c1-10-5-6-11(8-13(10)20-2)14(17)16-7-3-4-12(9-16)15(18)19/h5-6,8,12H,3-4,7,9H2,1-2H3,(H,18,19). The van der Waals surface area contributed by atoms with Gasteiger partial charge in [0.1, 0.15) is 5.75 Å². The zero-order chi connectivity index (χ0) is 14.7. The highest BCUT2D eigenvalue weighted by Crippen LogP contribution is 2.23. The molecule has 108 valence electrons. The van der Waals surface area contributed by atoms with Crippen molar-refractivity contribution < 1.29 is 19.4 Å². The number of ether oxygens (including phenoxy) is 1. The first-order valence-electron chi connectivity index (χ1n) is 6.69. The van der Waals surface area contributed by atoms with Crippen LogP contribution in [0.3, 0.4) is 0 Å². The molecule has 1 aromatic carbocycles. The van der Waals surface area contributed by atoms with Crippen LogP contribution < -0.4 is 4.74 Å². The molecule has 0 radical (unpaired) electrons. The number of nitrogens with zero attached hydrogens (tertiary/aromatic N) is 1. The maximum Gasteiger partial charge on any atom is 0.308 e. The van der Waals surface area contributed by atoms with Crippen LogP contribution in [0.1, 0.15) is 28.8 Å². The third kappa shape index (κ3) is 2.92. The molecule has 0 aromatic heterocycles. The lowest BCUT2D eigenvalue weighted by Crippen LogP contribution is -2.42. The van der Waals surface area contributed by atoms with Gasteiger partial charge in [0.15, 0.2) is 0 Å². The fourth-order valence-corrected chi connectivity index (χ4v) is 2.50. The van der Waals surface area contributed by atoms with Crippen LogP contribution in [-0.2, 0) is 4.79 Å². The molecular weight excluding hydrogens is 258 g/mol. The van der Waals surface area contributed by atoms with Crippen molar-refractivity contribution >= 4 is 11.9 Å². The highest BCUT2D eigenvalue weighted by Gasteiger charge is 2.28. The molecule has 0 spiro atoms. The van der Waals surface area contributed by atoms with E-state index < -0.39 is 11.9 Å². The molecule has 1 aliphatic heterocycles. The Morgan fingerprint density at radius 1 is 1.40 bits per heavy atom. The number of likely N-dealkylation sites (tertiary alicyclic amines) is 1. The first-order valence-corrected chi connectivity index (χ1v) is 6.69. The van der Waals surface area contributed by atoms with Gasteiger partial charge in [0.25, 0.3) is 5.91 Å². The number of hydrogen-bond acceptors (Lipinski definition) is 3. The second kappa shape index (κ2) is 5.94. The van der Waals surface area contributed by atoms with Crippen molar-refractivity contribution in [3.05, 3.63) is 29.3 Å². The van der Waals surface area contributed by atoms with E-state index in [1.807, 2.05) is 13.0 Å². The van der Waals surface area contributed by atoms with Gasteiger partial charge in [0.05, 0.1) is 13.0 Å². The zero-order valence-corrected chi connectivity index (χ0v) is 11.8. The summed E-state index contributed by atoms with van der Waals surface area (Å²) in [6.45, 7) is 2.80. The van der Waals surface area contributed by atoms with Crippen LogP contribution >= 0.6 is 0 Å². The molecular formula is C15H19NO4. The topological polar surface area (TPSA) is 66.8 Å². The molecule has 1 saturated heterocycles. The SMILES string of the molecule is COc1cc(C(=O)N2CCCC(C(=O)O)C2)ccc1C. The Balaban J connectivity index is 2.16. The average molecular weight is 277 g/mol. The summed E-state index contributed by atoms with van der Waals surface area (Å²) in [6, 6.07) is 5.30. The number of aliphatic carboxylic acids is 1. The van der Waals surface area contributed by atoms with Crippen LogP contribution in [0.15, 0.2) is 18.2 Å². The molecule has 1 aromatic rings. The summed E-state index contributed by atoms with van der Waals surface area (Å²) in [5.74, 6) is -0.749. The van der Waals surface area contributed by atoms with Gasteiger partial charge in [-0.2, -0.15) is 0 Å². The first-order chi connectivity index (χ1) is 9.52. The smallest absolute Gasteiger partial charge is 0.308 e. The summed E-state index contributed by atoms with van der Waals surface area (Å²) in [4.78, 5) is 25.1. The van der Waals surface area contributed by atoms with E-state index in [0.29, 0.717) is 24.3 Å². The number of carboxylic acid groups (broad SMARTS) is 1. The molecule has 2 rings (SSSR count). The number of piperidine rings is 1. The average Bonchev–Trinajstić information content (AvgIpc) is 2.47. The van der Waals surface area contributed by atoms with E-state index in [1.165, 1.54) is 0 Å². The number of benzene rings is 1. The second-order valence-corrected chi connectivity index (χ2v) is 5.11. The van der Waals surface area contributed by atoms with Gasteiger partial charge < -0.3 is 14.7 Å². The number of carbonyl (C=O) groups is 2. The Morgan fingerprint density at radius 3 is 2.80 bits per heavy atom.